The maximum absolute atomic E-state index is 12.6. The standard InChI is InChI=1S/C42H76NO11P/c1-3-5-7-9-11-12-13-14-15-16-17-18-20-24-29-33-41(46)54-38(35-52-55(49,50)53-36-39(43)42(47)48)34-51-40(45)32-28-25-21-23-27-31-37(44)30-26-22-19-10-8-6-4-2/h19,22,26,30,38-39H,3-18,20-21,23-25,27-29,31-36,43H2,1-2H3,(H,47,48)(H,49,50)/b22-19-,30-26+/t38-,39+/m1/s1. The van der Waals surface area contributed by atoms with Crippen LogP contribution < -0.4 is 5.73 Å². The van der Waals surface area contributed by atoms with Crippen LogP contribution in [0.1, 0.15) is 187 Å². The molecule has 1 unspecified atom stereocenters. The Hall–Kier alpha value is -2.37. The molecule has 0 spiro atoms. The molecule has 13 heteroatoms. The molecule has 0 aliphatic rings. The van der Waals surface area contributed by atoms with Crippen molar-refractivity contribution < 1.29 is 52.3 Å². The van der Waals surface area contributed by atoms with Gasteiger partial charge in [-0.05, 0) is 38.2 Å². The second-order valence-corrected chi connectivity index (χ2v) is 16.0. The largest absolute Gasteiger partial charge is 0.480 e. The number of phosphoric acid groups is 1. The molecule has 0 amide bonds. The van der Waals surface area contributed by atoms with Crippen molar-refractivity contribution in [3.05, 3.63) is 24.3 Å². The fourth-order valence-electron chi connectivity index (χ4n) is 5.75. The predicted molar refractivity (Wildman–Crippen MR) is 217 cm³/mol. The Morgan fingerprint density at radius 3 is 1.58 bits per heavy atom. The van der Waals surface area contributed by atoms with Crippen molar-refractivity contribution in [2.45, 2.75) is 199 Å². The Balaban J connectivity index is 4.44. The summed E-state index contributed by atoms with van der Waals surface area (Å²) < 4.78 is 32.6. The van der Waals surface area contributed by atoms with E-state index in [4.69, 9.17) is 24.8 Å². The number of carboxylic acids is 1. The van der Waals surface area contributed by atoms with E-state index in [0.29, 0.717) is 19.3 Å². The number of nitrogens with two attached hydrogens (primary N) is 1. The van der Waals surface area contributed by atoms with Crippen molar-refractivity contribution in [2.24, 2.45) is 5.73 Å². The quantitative estimate of drug-likeness (QED) is 0.0175. The molecule has 320 valence electrons. The number of carbonyl (C=O) groups is 4. The second-order valence-electron chi connectivity index (χ2n) is 14.5. The molecule has 0 saturated carbocycles. The van der Waals surface area contributed by atoms with E-state index in [1.807, 2.05) is 6.08 Å². The number of esters is 2. The van der Waals surface area contributed by atoms with Gasteiger partial charge in [0.05, 0.1) is 13.2 Å². The molecule has 0 rings (SSSR count). The summed E-state index contributed by atoms with van der Waals surface area (Å²) in [6.45, 7) is 2.64. The molecule has 0 bridgehead atoms. The van der Waals surface area contributed by atoms with Crippen LogP contribution in [0, 0.1) is 0 Å². The van der Waals surface area contributed by atoms with Crippen molar-refractivity contribution >= 4 is 31.5 Å². The lowest BCUT2D eigenvalue weighted by atomic mass is 10.0. The third-order valence-electron chi connectivity index (χ3n) is 9.18. The van der Waals surface area contributed by atoms with Crippen LogP contribution in [0.5, 0.6) is 0 Å². The number of aliphatic carboxylic acids is 1. The Labute approximate surface area is 332 Å². The zero-order valence-electron chi connectivity index (χ0n) is 34.3. The lowest BCUT2D eigenvalue weighted by Crippen LogP contribution is -2.34. The van der Waals surface area contributed by atoms with Crippen molar-refractivity contribution in [3.63, 3.8) is 0 Å². The zero-order valence-corrected chi connectivity index (χ0v) is 35.2. The van der Waals surface area contributed by atoms with Crippen LogP contribution in [0.2, 0.25) is 0 Å². The fourth-order valence-corrected chi connectivity index (χ4v) is 6.53. The second kappa shape index (κ2) is 37.2. The molecule has 0 heterocycles. The molecule has 0 aliphatic carbocycles. The summed E-state index contributed by atoms with van der Waals surface area (Å²) in [4.78, 5) is 57.9. The molecule has 0 radical (unpaired) electrons. The number of allylic oxidation sites excluding steroid dienone is 4. The number of carbonyl (C=O) groups excluding carboxylic acids is 3. The average Bonchev–Trinajstić information content (AvgIpc) is 3.15. The minimum Gasteiger partial charge on any atom is -0.480 e. The van der Waals surface area contributed by atoms with E-state index in [2.05, 4.69) is 24.4 Å². The first-order valence-electron chi connectivity index (χ1n) is 21.3. The molecule has 12 nitrogen and oxygen atoms in total. The van der Waals surface area contributed by atoms with Crippen molar-refractivity contribution in [2.75, 3.05) is 19.8 Å². The first-order chi connectivity index (χ1) is 26.5. The highest BCUT2D eigenvalue weighted by Crippen LogP contribution is 2.43. The van der Waals surface area contributed by atoms with Gasteiger partial charge in [-0.1, -0.05) is 154 Å². The summed E-state index contributed by atoms with van der Waals surface area (Å²) in [7, 11) is -4.74. The van der Waals surface area contributed by atoms with Gasteiger partial charge in [0.15, 0.2) is 11.9 Å². The number of hydrogen-bond donors (Lipinski definition) is 3. The Morgan fingerprint density at radius 2 is 1.05 bits per heavy atom. The number of rotatable bonds is 40. The maximum Gasteiger partial charge on any atom is 0.472 e. The minimum absolute atomic E-state index is 0.101. The molecule has 0 aromatic rings. The van der Waals surface area contributed by atoms with Gasteiger partial charge >= 0.3 is 25.7 Å². The Morgan fingerprint density at radius 1 is 0.600 bits per heavy atom. The van der Waals surface area contributed by atoms with Crippen LogP contribution in [0.3, 0.4) is 0 Å². The molecule has 0 aliphatic heterocycles. The molecule has 4 N–H and O–H groups in total. The molecule has 0 aromatic carbocycles. The molecular formula is C42H76NO11P. The van der Waals surface area contributed by atoms with E-state index in [1.54, 1.807) is 12.2 Å². The van der Waals surface area contributed by atoms with Gasteiger partial charge in [0.1, 0.15) is 12.6 Å². The SMILES string of the molecule is CCCCC/C=C\C=C\C(=O)CCCCCCCC(=O)OC[C@H](COP(=O)(O)OC[C@H](N)C(=O)O)OC(=O)CCCCCCCCCCCCCCCCC. The van der Waals surface area contributed by atoms with E-state index >= 15 is 0 Å². The van der Waals surface area contributed by atoms with Gasteiger partial charge in [-0.15, -0.1) is 0 Å². The van der Waals surface area contributed by atoms with E-state index in [9.17, 15) is 28.6 Å². The van der Waals surface area contributed by atoms with Crippen molar-refractivity contribution in [3.8, 4) is 0 Å². The molecule has 55 heavy (non-hydrogen) atoms. The Kier molecular flexibility index (Phi) is 35.6. The summed E-state index contributed by atoms with van der Waals surface area (Å²) in [6.07, 6.45) is 33.5. The number of unbranched alkanes of at least 4 members (excludes halogenated alkanes) is 21. The third-order valence-corrected chi connectivity index (χ3v) is 10.1. The van der Waals surface area contributed by atoms with Gasteiger partial charge < -0.3 is 25.2 Å². The Bertz CT molecular complexity index is 1100. The lowest BCUT2D eigenvalue weighted by Gasteiger charge is -2.20. The molecule has 0 aromatic heterocycles. The van der Waals surface area contributed by atoms with Crippen LogP contribution in [0.15, 0.2) is 24.3 Å². The fraction of sp³-hybridized carbons (Fsp3) is 0.810. The molecule has 0 saturated heterocycles. The van der Waals surface area contributed by atoms with E-state index < -0.39 is 51.1 Å². The topological polar surface area (TPSA) is 189 Å². The number of hydrogen-bond acceptors (Lipinski definition) is 10. The highest BCUT2D eigenvalue weighted by atomic mass is 31.2. The smallest absolute Gasteiger partial charge is 0.472 e. The average molecular weight is 802 g/mol. The van der Waals surface area contributed by atoms with Crippen molar-refractivity contribution in [1.29, 1.82) is 0 Å². The third kappa shape index (κ3) is 37.0. The van der Waals surface area contributed by atoms with Crippen molar-refractivity contribution in [1.82, 2.24) is 0 Å². The summed E-state index contributed by atoms with van der Waals surface area (Å²) in [5, 5.41) is 8.88. The normalized spacial score (nSPS) is 13.9. The van der Waals surface area contributed by atoms with Gasteiger partial charge in [0.25, 0.3) is 0 Å². The van der Waals surface area contributed by atoms with Crippen LogP contribution in [-0.4, -0.2) is 65.7 Å². The van der Waals surface area contributed by atoms with Crippen LogP contribution in [0.25, 0.3) is 0 Å². The van der Waals surface area contributed by atoms with Gasteiger partial charge in [0, 0.05) is 19.3 Å². The number of ketones is 1. The first kappa shape index (κ1) is 52.6. The van der Waals surface area contributed by atoms with Crippen LogP contribution >= 0.6 is 7.82 Å². The van der Waals surface area contributed by atoms with E-state index in [-0.39, 0.29) is 25.2 Å². The summed E-state index contributed by atoms with van der Waals surface area (Å²) in [5.74, 6) is -2.38. The number of carboxylic acid groups (broad SMARTS) is 1. The summed E-state index contributed by atoms with van der Waals surface area (Å²) in [6, 6.07) is -1.54. The van der Waals surface area contributed by atoms with Gasteiger partial charge in [-0.25, -0.2) is 4.57 Å². The summed E-state index contributed by atoms with van der Waals surface area (Å²) in [5.41, 5.74) is 5.32. The van der Waals surface area contributed by atoms with Gasteiger partial charge in [-0.2, -0.15) is 0 Å². The first-order valence-corrected chi connectivity index (χ1v) is 22.8. The molecule has 0 fully saturated rings. The van der Waals surface area contributed by atoms with E-state index in [1.165, 1.54) is 83.5 Å². The van der Waals surface area contributed by atoms with Crippen LogP contribution in [0.4, 0.5) is 0 Å². The minimum atomic E-state index is -4.74. The zero-order chi connectivity index (χ0) is 40.8. The monoisotopic (exact) mass is 802 g/mol. The maximum atomic E-state index is 12.6. The predicted octanol–water partition coefficient (Wildman–Crippen LogP) is 10.2. The van der Waals surface area contributed by atoms with Gasteiger partial charge in [0.2, 0.25) is 0 Å². The highest BCUT2D eigenvalue weighted by Gasteiger charge is 2.28. The molecule has 3 atom stereocenters. The number of phosphoric ester groups is 1. The van der Waals surface area contributed by atoms with E-state index in [0.717, 1.165) is 57.8 Å². The summed E-state index contributed by atoms with van der Waals surface area (Å²) >= 11 is 0. The van der Waals surface area contributed by atoms with Crippen LogP contribution in [-0.2, 0) is 42.3 Å². The van der Waals surface area contributed by atoms with Gasteiger partial charge in [-0.3, -0.25) is 28.2 Å². The lowest BCUT2D eigenvalue weighted by molar-refractivity contribution is -0.161. The number of ether oxygens (including phenoxy) is 2. The highest BCUT2D eigenvalue weighted by molar-refractivity contribution is 7.47. The molecular weight excluding hydrogens is 725 g/mol.